The molecule has 0 radical (unpaired) electrons. The van der Waals surface area contributed by atoms with Crippen LogP contribution in [0.1, 0.15) is 24.5 Å². The minimum atomic E-state index is -3.78. The number of hydrogen-bond donors (Lipinski definition) is 1. The molecule has 1 unspecified atom stereocenters. The van der Waals surface area contributed by atoms with Gasteiger partial charge in [-0.05, 0) is 36.1 Å². The molecule has 1 aromatic carbocycles. The number of benzene rings is 1. The average Bonchev–Trinajstić information content (AvgIpc) is 2.84. The molecule has 2 aliphatic rings. The van der Waals surface area contributed by atoms with E-state index in [2.05, 4.69) is 4.72 Å². The number of amides is 1. The Morgan fingerprint density at radius 2 is 2.04 bits per heavy atom. The van der Waals surface area contributed by atoms with E-state index in [0.717, 1.165) is 11.1 Å². The van der Waals surface area contributed by atoms with E-state index in [1.165, 1.54) is 13.0 Å². The van der Waals surface area contributed by atoms with E-state index in [1.54, 1.807) is 17.0 Å². The number of rotatable bonds is 3. The SMILES string of the molecule is CC(=O)N1CCc2ccc(S(=O)(=O)NC3CCS(=O)(=O)C3)cc2C1. The number of fused-ring (bicyclic) bond motifs is 1. The topological polar surface area (TPSA) is 101 Å². The van der Waals surface area contributed by atoms with Gasteiger partial charge in [-0.1, -0.05) is 6.07 Å². The first-order valence-corrected chi connectivity index (χ1v) is 11.1. The Balaban J connectivity index is 1.82. The zero-order valence-corrected chi connectivity index (χ0v) is 15.0. The third-order valence-electron chi connectivity index (χ3n) is 4.50. The average molecular weight is 372 g/mol. The van der Waals surface area contributed by atoms with Crippen molar-refractivity contribution in [3.05, 3.63) is 29.3 Å². The lowest BCUT2D eigenvalue weighted by Crippen LogP contribution is -2.36. The minimum absolute atomic E-state index is 0.0119. The first-order valence-electron chi connectivity index (χ1n) is 7.76. The van der Waals surface area contributed by atoms with Crippen LogP contribution >= 0.6 is 0 Å². The summed E-state index contributed by atoms with van der Waals surface area (Å²) in [6, 6.07) is 4.31. The van der Waals surface area contributed by atoms with Crippen LogP contribution in [0.15, 0.2) is 23.1 Å². The lowest BCUT2D eigenvalue weighted by Gasteiger charge is -2.28. The monoisotopic (exact) mass is 372 g/mol. The van der Waals surface area contributed by atoms with E-state index in [-0.39, 0.29) is 22.3 Å². The summed E-state index contributed by atoms with van der Waals surface area (Å²) in [6.07, 6.45) is 0.994. The second-order valence-electron chi connectivity index (χ2n) is 6.34. The van der Waals surface area contributed by atoms with Crippen molar-refractivity contribution >= 4 is 25.8 Å². The smallest absolute Gasteiger partial charge is 0.240 e. The van der Waals surface area contributed by atoms with Crippen LogP contribution in [0.4, 0.5) is 0 Å². The van der Waals surface area contributed by atoms with Crippen molar-refractivity contribution in [2.45, 2.75) is 37.2 Å². The van der Waals surface area contributed by atoms with Crippen LogP contribution in [0.5, 0.6) is 0 Å². The highest BCUT2D eigenvalue weighted by Gasteiger charge is 2.31. The summed E-state index contributed by atoms with van der Waals surface area (Å²) in [4.78, 5) is 13.3. The lowest BCUT2D eigenvalue weighted by molar-refractivity contribution is -0.129. The summed E-state index contributed by atoms with van der Waals surface area (Å²) in [5, 5.41) is 0. The van der Waals surface area contributed by atoms with Gasteiger partial charge in [0.2, 0.25) is 15.9 Å². The summed E-state index contributed by atoms with van der Waals surface area (Å²) in [5.74, 6) is -0.184. The largest absolute Gasteiger partial charge is 0.338 e. The summed E-state index contributed by atoms with van der Waals surface area (Å²) in [5.41, 5.74) is 1.85. The van der Waals surface area contributed by atoms with Crippen molar-refractivity contribution in [3.63, 3.8) is 0 Å². The maximum absolute atomic E-state index is 12.5. The second-order valence-corrected chi connectivity index (χ2v) is 10.3. The number of carbonyl (C=O) groups is 1. The first-order chi connectivity index (χ1) is 11.2. The molecular weight excluding hydrogens is 352 g/mol. The predicted molar refractivity (Wildman–Crippen MR) is 88.6 cm³/mol. The Morgan fingerprint density at radius 1 is 1.29 bits per heavy atom. The molecule has 0 saturated carbocycles. The normalized spacial score (nSPS) is 23.0. The Labute approximate surface area is 142 Å². The van der Waals surface area contributed by atoms with Gasteiger partial charge in [-0.2, -0.15) is 0 Å². The summed E-state index contributed by atoms with van der Waals surface area (Å²) < 4.78 is 50.5. The van der Waals surface area contributed by atoms with Gasteiger partial charge in [-0.15, -0.1) is 0 Å². The molecule has 3 rings (SSSR count). The van der Waals surface area contributed by atoms with Crippen molar-refractivity contribution in [1.82, 2.24) is 9.62 Å². The number of nitrogens with one attached hydrogen (secondary N) is 1. The highest BCUT2D eigenvalue weighted by atomic mass is 32.2. The first kappa shape index (κ1) is 17.4. The lowest BCUT2D eigenvalue weighted by atomic mass is 10.00. The standard InChI is InChI=1S/C15H20N2O5S2/c1-11(18)17-6-4-12-2-3-15(8-13(12)9-17)24(21,22)16-14-5-7-23(19,20)10-14/h2-3,8,14,16H,4-7,9-10H2,1H3. The fourth-order valence-electron chi connectivity index (χ4n) is 3.14. The summed E-state index contributed by atoms with van der Waals surface area (Å²) >= 11 is 0. The van der Waals surface area contributed by atoms with Crippen LogP contribution in [0, 0.1) is 0 Å². The quantitative estimate of drug-likeness (QED) is 0.808. The molecule has 0 aliphatic carbocycles. The van der Waals surface area contributed by atoms with Gasteiger partial charge >= 0.3 is 0 Å². The van der Waals surface area contributed by atoms with Gasteiger partial charge in [0.25, 0.3) is 0 Å². The zero-order valence-electron chi connectivity index (χ0n) is 13.4. The molecular formula is C15H20N2O5S2. The Kier molecular flexibility index (Phi) is 4.43. The van der Waals surface area contributed by atoms with Crippen molar-refractivity contribution in [3.8, 4) is 0 Å². The Bertz CT molecular complexity index is 877. The predicted octanol–water partition coefficient (Wildman–Crippen LogP) is 0.0566. The van der Waals surface area contributed by atoms with Crippen LogP contribution in [-0.4, -0.2) is 51.7 Å². The molecule has 1 saturated heterocycles. The van der Waals surface area contributed by atoms with Crippen molar-refractivity contribution < 1.29 is 21.6 Å². The van der Waals surface area contributed by atoms with Crippen LogP contribution in [0.25, 0.3) is 0 Å². The molecule has 0 spiro atoms. The maximum atomic E-state index is 12.5. The number of hydrogen-bond acceptors (Lipinski definition) is 5. The zero-order chi connectivity index (χ0) is 17.5. The molecule has 7 nitrogen and oxygen atoms in total. The maximum Gasteiger partial charge on any atom is 0.240 e. The van der Waals surface area contributed by atoms with E-state index < -0.39 is 25.9 Å². The molecule has 1 fully saturated rings. The van der Waals surface area contributed by atoms with Crippen LogP contribution in [0.2, 0.25) is 0 Å². The second kappa shape index (κ2) is 6.12. The fraction of sp³-hybridized carbons (Fsp3) is 0.533. The molecule has 0 bridgehead atoms. The molecule has 24 heavy (non-hydrogen) atoms. The number of nitrogens with zero attached hydrogens (tertiary/aromatic N) is 1. The van der Waals surface area contributed by atoms with E-state index in [1.807, 2.05) is 0 Å². The Hall–Kier alpha value is -1.45. The molecule has 0 aromatic heterocycles. The third kappa shape index (κ3) is 3.62. The molecule has 1 atom stereocenters. The highest BCUT2D eigenvalue weighted by molar-refractivity contribution is 7.92. The van der Waals surface area contributed by atoms with Gasteiger partial charge in [0, 0.05) is 26.1 Å². The summed E-state index contributed by atoms with van der Waals surface area (Å²) in [6.45, 7) is 2.52. The van der Waals surface area contributed by atoms with Gasteiger partial charge in [0.1, 0.15) is 0 Å². The highest BCUT2D eigenvalue weighted by Crippen LogP contribution is 2.23. The van der Waals surface area contributed by atoms with Crippen molar-refractivity contribution in [1.29, 1.82) is 0 Å². The van der Waals surface area contributed by atoms with Crippen molar-refractivity contribution in [2.24, 2.45) is 0 Å². The molecule has 1 aromatic rings. The van der Waals surface area contributed by atoms with Gasteiger partial charge in [0.15, 0.2) is 9.84 Å². The van der Waals surface area contributed by atoms with E-state index >= 15 is 0 Å². The fourth-order valence-corrected chi connectivity index (χ4v) is 6.24. The van der Waals surface area contributed by atoms with Crippen LogP contribution in [-0.2, 0) is 37.6 Å². The number of carbonyl (C=O) groups excluding carboxylic acids is 1. The van der Waals surface area contributed by atoms with Gasteiger partial charge in [-0.25, -0.2) is 21.6 Å². The van der Waals surface area contributed by atoms with Crippen molar-refractivity contribution in [2.75, 3.05) is 18.1 Å². The molecule has 2 aliphatic heterocycles. The number of sulfonamides is 1. The van der Waals surface area contributed by atoms with Crippen LogP contribution in [0.3, 0.4) is 0 Å². The van der Waals surface area contributed by atoms with Gasteiger partial charge in [0.05, 0.1) is 16.4 Å². The number of sulfone groups is 1. The third-order valence-corrected chi connectivity index (χ3v) is 7.79. The van der Waals surface area contributed by atoms with E-state index in [9.17, 15) is 21.6 Å². The summed E-state index contributed by atoms with van der Waals surface area (Å²) in [7, 11) is -6.94. The van der Waals surface area contributed by atoms with Gasteiger partial charge < -0.3 is 4.90 Å². The van der Waals surface area contributed by atoms with Gasteiger partial charge in [-0.3, -0.25) is 4.79 Å². The minimum Gasteiger partial charge on any atom is -0.338 e. The molecule has 132 valence electrons. The molecule has 2 heterocycles. The van der Waals surface area contributed by atoms with E-state index in [0.29, 0.717) is 25.9 Å². The van der Waals surface area contributed by atoms with E-state index in [4.69, 9.17) is 0 Å². The van der Waals surface area contributed by atoms with Crippen LogP contribution < -0.4 is 4.72 Å². The molecule has 1 N–H and O–H groups in total. The molecule has 1 amide bonds. The molecule has 9 heteroatoms. The Morgan fingerprint density at radius 3 is 2.67 bits per heavy atom.